The summed E-state index contributed by atoms with van der Waals surface area (Å²) in [5, 5.41) is 12.1. The van der Waals surface area contributed by atoms with Gasteiger partial charge in [-0.2, -0.15) is 5.10 Å². The number of aliphatic carboxylic acids is 1. The molecule has 0 aromatic carbocycles. The second-order valence-corrected chi connectivity index (χ2v) is 3.03. The Kier molecular flexibility index (Phi) is 1.75. The van der Waals surface area contributed by atoms with Gasteiger partial charge in [-0.05, 0) is 12.8 Å². The van der Waals surface area contributed by atoms with Crippen LogP contribution in [0.4, 0.5) is 4.39 Å². The summed E-state index contributed by atoms with van der Waals surface area (Å²) in [6.07, 6.45) is 1.01. The molecule has 1 unspecified atom stereocenters. The quantitative estimate of drug-likeness (QED) is 0.752. The van der Waals surface area contributed by atoms with E-state index in [4.69, 9.17) is 5.11 Å². The van der Waals surface area contributed by atoms with Gasteiger partial charge in [0.05, 0.1) is 0 Å². The lowest BCUT2D eigenvalue weighted by Gasteiger charge is -1.99. The molecule has 70 valence electrons. The van der Waals surface area contributed by atoms with Crippen LogP contribution in [0.2, 0.25) is 0 Å². The average molecular weight is 185 g/mol. The summed E-state index contributed by atoms with van der Waals surface area (Å²) in [6.45, 7) is 0. The van der Waals surface area contributed by atoms with Gasteiger partial charge in [0, 0.05) is 5.92 Å². The summed E-state index contributed by atoms with van der Waals surface area (Å²) in [4.78, 5) is 14.1. The first-order chi connectivity index (χ1) is 6.18. The molecule has 1 atom stereocenters. The zero-order chi connectivity index (χ0) is 9.42. The van der Waals surface area contributed by atoms with Gasteiger partial charge in [0.15, 0.2) is 5.82 Å². The minimum Gasteiger partial charge on any atom is -0.478 e. The van der Waals surface area contributed by atoms with E-state index in [1.807, 2.05) is 0 Å². The number of aromatic nitrogens is 3. The van der Waals surface area contributed by atoms with Gasteiger partial charge < -0.3 is 5.11 Å². The molecule has 0 bridgehead atoms. The fourth-order valence-corrected chi connectivity index (χ4v) is 1.04. The highest BCUT2D eigenvalue weighted by Crippen LogP contribution is 2.37. The second kappa shape index (κ2) is 2.79. The molecule has 13 heavy (non-hydrogen) atoms. The summed E-state index contributed by atoms with van der Waals surface area (Å²) in [7, 11) is 0. The van der Waals surface area contributed by atoms with Gasteiger partial charge in [0.25, 0.3) is 6.30 Å². The lowest BCUT2D eigenvalue weighted by atomic mass is 10.4. The number of carboxylic acids is 1. The van der Waals surface area contributed by atoms with Crippen LogP contribution in [0.3, 0.4) is 0 Å². The minimum absolute atomic E-state index is 0.308. The van der Waals surface area contributed by atoms with Crippen molar-refractivity contribution in [1.29, 1.82) is 0 Å². The summed E-state index contributed by atoms with van der Waals surface area (Å²) < 4.78 is 13.5. The highest BCUT2D eigenvalue weighted by atomic mass is 19.1. The maximum atomic E-state index is 12.8. The zero-order valence-corrected chi connectivity index (χ0v) is 6.72. The number of halogens is 1. The SMILES string of the molecule is O=C(O)C(F)n1cnc(C2CC2)n1. The summed E-state index contributed by atoms with van der Waals surface area (Å²) in [6, 6.07) is 0. The van der Waals surface area contributed by atoms with Crippen LogP contribution < -0.4 is 0 Å². The monoisotopic (exact) mass is 185 g/mol. The van der Waals surface area contributed by atoms with E-state index in [1.54, 1.807) is 0 Å². The Balaban J connectivity index is 2.16. The number of rotatable bonds is 3. The second-order valence-electron chi connectivity index (χ2n) is 3.03. The van der Waals surface area contributed by atoms with Crippen molar-refractivity contribution < 1.29 is 14.3 Å². The number of hydrogen-bond acceptors (Lipinski definition) is 3. The molecule has 1 aromatic rings. The molecule has 1 N–H and O–H groups in total. The van der Waals surface area contributed by atoms with Crippen LogP contribution in [-0.4, -0.2) is 25.8 Å². The third kappa shape index (κ3) is 1.51. The average Bonchev–Trinajstić information content (AvgIpc) is 2.83. The molecule has 6 heteroatoms. The summed E-state index contributed by atoms with van der Waals surface area (Å²) >= 11 is 0. The topological polar surface area (TPSA) is 68.0 Å². The fourth-order valence-electron chi connectivity index (χ4n) is 1.04. The van der Waals surface area contributed by atoms with E-state index in [9.17, 15) is 9.18 Å². The van der Waals surface area contributed by atoms with Crippen molar-refractivity contribution in [3.63, 3.8) is 0 Å². The highest BCUT2D eigenvalue weighted by Gasteiger charge is 2.29. The first kappa shape index (κ1) is 8.15. The number of carbonyl (C=O) groups is 1. The molecule has 0 saturated heterocycles. The lowest BCUT2D eigenvalue weighted by Crippen LogP contribution is -2.14. The van der Waals surface area contributed by atoms with Gasteiger partial charge in [0.2, 0.25) is 0 Å². The minimum atomic E-state index is -2.12. The van der Waals surface area contributed by atoms with E-state index in [0.29, 0.717) is 11.7 Å². The van der Waals surface area contributed by atoms with E-state index < -0.39 is 12.3 Å². The van der Waals surface area contributed by atoms with Crippen molar-refractivity contribution in [1.82, 2.24) is 14.8 Å². The van der Waals surface area contributed by atoms with E-state index in [0.717, 1.165) is 23.9 Å². The molecule has 1 heterocycles. The van der Waals surface area contributed by atoms with Gasteiger partial charge in [0.1, 0.15) is 6.33 Å². The Morgan fingerprint density at radius 1 is 1.77 bits per heavy atom. The first-order valence-corrected chi connectivity index (χ1v) is 3.96. The molecule has 2 rings (SSSR count). The molecule has 0 radical (unpaired) electrons. The third-order valence-corrected chi connectivity index (χ3v) is 1.90. The maximum Gasteiger partial charge on any atom is 0.361 e. The highest BCUT2D eigenvalue weighted by molar-refractivity contribution is 5.69. The number of alkyl halides is 1. The Morgan fingerprint density at radius 3 is 3.00 bits per heavy atom. The predicted molar refractivity (Wildman–Crippen MR) is 39.8 cm³/mol. The number of hydrogen-bond donors (Lipinski definition) is 1. The van der Waals surface area contributed by atoms with Crippen LogP contribution in [0.25, 0.3) is 0 Å². The normalized spacial score (nSPS) is 18.5. The van der Waals surface area contributed by atoms with Crippen molar-refractivity contribution in [2.75, 3.05) is 0 Å². The molecular weight excluding hydrogens is 177 g/mol. The Morgan fingerprint density at radius 2 is 2.46 bits per heavy atom. The molecule has 5 nitrogen and oxygen atoms in total. The van der Waals surface area contributed by atoms with Crippen molar-refractivity contribution in [2.24, 2.45) is 0 Å². The van der Waals surface area contributed by atoms with Gasteiger partial charge in [-0.25, -0.2) is 18.9 Å². The molecular formula is C7H8FN3O2. The zero-order valence-electron chi connectivity index (χ0n) is 6.72. The Hall–Kier alpha value is -1.46. The molecule has 1 aromatic heterocycles. The van der Waals surface area contributed by atoms with E-state index in [1.165, 1.54) is 0 Å². The molecule has 1 aliphatic carbocycles. The van der Waals surface area contributed by atoms with Crippen LogP contribution in [0.15, 0.2) is 6.33 Å². The molecule has 0 spiro atoms. The van der Waals surface area contributed by atoms with E-state index in [2.05, 4.69) is 10.1 Å². The predicted octanol–water partition coefficient (Wildman–Crippen LogP) is 0.708. The Labute approximate surface area is 73.2 Å². The van der Waals surface area contributed by atoms with Crippen LogP contribution in [0.5, 0.6) is 0 Å². The first-order valence-electron chi connectivity index (χ1n) is 3.96. The van der Waals surface area contributed by atoms with Gasteiger partial charge in [-0.3, -0.25) is 0 Å². The van der Waals surface area contributed by atoms with Crippen LogP contribution >= 0.6 is 0 Å². The molecule has 1 saturated carbocycles. The smallest absolute Gasteiger partial charge is 0.361 e. The van der Waals surface area contributed by atoms with Crippen LogP contribution in [0.1, 0.15) is 30.9 Å². The lowest BCUT2D eigenvalue weighted by molar-refractivity contribution is -0.146. The van der Waals surface area contributed by atoms with Crippen molar-refractivity contribution in [3.8, 4) is 0 Å². The molecule has 0 amide bonds. The van der Waals surface area contributed by atoms with Gasteiger partial charge in [-0.15, -0.1) is 0 Å². The number of carboxylic acid groups (broad SMARTS) is 1. The van der Waals surface area contributed by atoms with Crippen LogP contribution in [-0.2, 0) is 4.79 Å². The van der Waals surface area contributed by atoms with E-state index in [-0.39, 0.29) is 0 Å². The molecule has 1 fully saturated rings. The van der Waals surface area contributed by atoms with Gasteiger partial charge >= 0.3 is 5.97 Å². The third-order valence-electron chi connectivity index (χ3n) is 1.90. The van der Waals surface area contributed by atoms with Crippen molar-refractivity contribution >= 4 is 5.97 Å². The van der Waals surface area contributed by atoms with Crippen molar-refractivity contribution in [2.45, 2.75) is 25.1 Å². The van der Waals surface area contributed by atoms with Gasteiger partial charge in [-0.1, -0.05) is 0 Å². The maximum absolute atomic E-state index is 12.8. The number of nitrogens with zero attached hydrogens (tertiary/aromatic N) is 3. The van der Waals surface area contributed by atoms with Crippen molar-refractivity contribution in [3.05, 3.63) is 12.2 Å². The summed E-state index contributed by atoms with van der Waals surface area (Å²) in [5.74, 6) is -0.696. The standard InChI is InChI=1S/C7H8FN3O2/c8-5(7(12)13)11-3-9-6(10-11)4-1-2-4/h3-5H,1-2H2,(H,12,13). The van der Waals surface area contributed by atoms with E-state index >= 15 is 0 Å². The molecule has 0 aliphatic heterocycles. The largest absolute Gasteiger partial charge is 0.478 e. The van der Waals surface area contributed by atoms with Crippen LogP contribution in [0, 0.1) is 0 Å². The summed E-state index contributed by atoms with van der Waals surface area (Å²) in [5.41, 5.74) is 0. The fraction of sp³-hybridized carbons (Fsp3) is 0.571. The molecule has 1 aliphatic rings. The Bertz CT molecular complexity index is 334.